The lowest BCUT2D eigenvalue weighted by Crippen LogP contribution is -2.28. The number of hydrogen-bond donors (Lipinski definition) is 2. The van der Waals surface area contributed by atoms with Gasteiger partial charge in [0.05, 0.1) is 6.61 Å². The summed E-state index contributed by atoms with van der Waals surface area (Å²) in [6.45, 7) is 2.06. The van der Waals surface area contributed by atoms with E-state index in [9.17, 15) is 4.79 Å². The van der Waals surface area contributed by atoms with Crippen molar-refractivity contribution in [2.45, 2.75) is 18.9 Å². The lowest BCUT2D eigenvalue weighted by molar-refractivity contribution is 0.0932. The largest absolute Gasteiger partial charge is 0.383 e. The van der Waals surface area contributed by atoms with Crippen LogP contribution in [0, 0.1) is 0 Å². The number of hydrogen-bond acceptors (Lipinski definition) is 4. The number of carbonyl (C=O) groups is 1. The summed E-state index contributed by atoms with van der Waals surface area (Å²) in [7, 11) is 1.61. The van der Waals surface area contributed by atoms with Crippen LogP contribution >= 0.6 is 0 Å². The van der Waals surface area contributed by atoms with E-state index < -0.39 is 0 Å². The second-order valence-electron chi connectivity index (χ2n) is 4.37. The monoisotopic (exact) mass is 249 g/mol. The van der Waals surface area contributed by atoms with Gasteiger partial charge in [-0.05, 0) is 37.1 Å². The first-order chi connectivity index (χ1) is 8.81. The number of amides is 1. The van der Waals surface area contributed by atoms with Gasteiger partial charge in [-0.25, -0.2) is 0 Å². The van der Waals surface area contributed by atoms with Gasteiger partial charge in [0.2, 0.25) is 0 Å². The summed E-state index contributed by atoms with van der Waals surface area (Å²) < 4.78 is 4.89. The molecule has 1 aliphatic heterocycles. The molecule has 1 fully saturated rings. The average molecular weight is 249 g/mol. The van der Waals surface area contributed by atoms with E-state index in [0.717, 1.165) is 18.5 Å². The maximum Gasteiger partial charge on any atom is 0.269 e. The van der Waals surface area contributed by atoms with Gasteiger partial charge in [-0.2, -0.15) is 0 Å². The van der Waals surface area contributed by atoms with E-state index in [0.29, 0.717) is 24.9 Å². The van der Waals surface area contributed by atoms with Crippen molar-refractivity contribution in [1.82, 2.24) is 15.6 Å². The maximum atomic E-state index is 11.8. The first-order valence-electron chi connectivity index (χ1n) is 6.27. The Balaban J connectivity index is 1.99. The minimum atomic E-state index is -0.146. The third-order valence-electron chi connectivity index (χ3n) is 3.07. The molecule has 0 bridgehead atoms. The van der Waals surface area contributed by atoms with Crippen molar-refractivity contribution in [2.75, 3.05) is 26.8 Å². The van der Waals surface area contributed by atoms with Gasteiger partial charge in [-0.15, -0.1) is 0 Å². The number of ether oxygens (including phenoxy) is 1. The second kappa shape index (κ2) is 6.47. The molecule has 0 saturated carbocycles. The number of rotatable bonds is 5. The number of nitrogens with zero attached hydrogens (tertiary/aromatic N) is 1. The van der Waals surface area contributed by atoms with Gasteiger partial charge in [0.25, 0.3) is 5.91 Å². The summed E-state index contributed by atoms with van der Waals surface area (Å²) >= 11 is 0. The lowest BCUT2D eigenvalue weighted by atomic mass is 10.1. The molecule has 18 heavy (non-hydrogen) atoms. The van der Waals surface area contributed by atoms with Crippen LogP contribution in [0.5, 0.6) is 0 Å². The van der Waals surface area contributed by atoms with Crippen molar-refractivity contribution in [2.24, 2.45) is 0 Å². The van der Waals surface area contributed by atoms with Crippen LogP contribution in [0.25, 0.3) is 0 Å². The van der Waals surface area contributed by atoms with Crippen LogP contribution in [-0.4, -0.2) is 37.7 Å². The molecule has 0 spiro atoms. The van der Waals surface area contributed by atoms with Crippen LogP contribution in [0.1, 0.15) is 34.9 Å². The number of nitrogens with one attached hydrogen (secondary N) is 2. The van der Waals surface area contributed by atoms with Gasteiger partial charge in [-0.1, -0.05) is 0 Å². The minimum absolute atomic E-state index is 0.146. The van der Waals surface area contributed by atoms with Gasteiger partial charge in [0.15, 0.2) is 0 Å². The first-order valence-corrected chi connectivity index (χ1v) is 6.27. The zero-order valence-corrected chi connectivity index (χ0v) is 10.6. The van der Waals surface area contributed by atoms with Crippen molar-refractivity contribution in [3.63, 3.8) is 0 Å². The number of carbonyl (C=O) groups excluding carboxylic acids is 1. The Bertz CT molecular complexity index is 403. The van der Waals surface area contributed by atoms with Crippen molar-refractivity contribution < 1.29 is 9.53 Å². The van der Waals surface area contributed by atoms with Crippen molar-refractivity contribution in [3.8, 4) is 0 Å². The Morgan fingerprint density at radius 2 is 2.56 bits per heavy atom. The van der Waals surface area contributed by atoms with Crippen LogP contribution in [0.4, 0.5) is 0 Å². The molecule has 98 valence electrons. The highest BCUT2D eigenvalue weighted by atomic mass is 16.5. The Kier molecular flexibility index (Phi) is 4.66. The number of aromatic nitrogens is 1. The van der Waals surface area contributed by atoms with Crippen LogP contribution < -0.4 is 10.6 Å². The third-order valence-corrected chi connectivity index (χ3v) is 3.07. The van der Waals surface area contributed by atoms with Gasteiger partial charge < -0.3 is 15.4 Å². The van der Waals surface area contributed by atoms with E-state index in [1.165, 1.54) is 6.42 Å². The Morgan fingerprint density at radius 3 is 3.28 bits per heavy atom. The normalized spacial score (nSPS) is 18.8. The summed E-state index contributed by atoms with van der Waals surface area (Å²) in [6, 6.07) is 4.19. The summed E-state index contributed by atoms with van der Waals surface area (Å²) in [6.07, 6.45) is 4.00. The highest BCUT2D eigenvalue weighted by Gasteiger charge is 2.17. The number of pyridine rings is 1. The molecule has 5 heteroatoms. The highest BCUT2D eigenvalue weighted by Crippen LogP contribution is 2.22. The first kappa shape index (κ1) is 13.0. The maximum absolute atomic E-state index is 11.8. The molecule has 0 radical (unpaired) electrons. The lowest BCUT2D eigenvalue weighted by Gasteiger charge is -2.11. The van der Waals surface area contributed by atoms with Crippen LogP contribution in [0.15, 0.2) is 18.3 Å². The van der Waals surface area contributed by atoms with E-state index in [2.05, 4.69) is 15.6 Å². The Hall–Kier alpha value is -1.46. The fourth-order valence-electron chi connectivity index (χ4n) is 2.11. The molecule has 5 nitrogen and oxygen atoms in total. The molecular weight excluding hydrogens is 230 g/mol. The van der Waals surface area contributed by atoms with Crippen LogP contribution in [-0.2, 0) is 4.74 Å². The molecule has 1 amide bonds. The second-order valence-corrected chi connectivity index (χ2v) is 4.37. The molecule has 2 N–H and O–H groups in total. The molecule has 1 unspecified atom stereocenters. The fraction of sp³-hybridized carbons (Fsp3) is 0.538. The van der Waals surface area contributed by atoms with Gasteiger partial charge >= 0.3 is 0 Å². The molecule has 1 saturated heterocycles. The van der Waals surface area contributed by atoms with E-state index in [4.69, 9.17) is 4.74 Å². The molecule has 2 rings (SSSR count). The quantitative estimate of drug-likeness (QED) is 0.760. The predicted molar refractivity (Wildman–Crippen MR) is 68.4 cm³/mol. The summed E-state index contributed by atoms with van der Waals surface area (Å²) in [4.78, 5) is 15.9. The van der Waals surface area contributed by atoms with Crippen molar-refractivity contribution in [3.05, 3.63) is 29.6 Å². The van der Waals surface area contributed by atoms with Crippen LogP contribution in [0.3, 0.4) is 0 Å². The van der Waals surface area contributed by atoms with Gasteiger partial charge in [0.1, 0.15) is 5.69 Å². The SMILES string of the molecule is COCCNC(=O)c1cc(C2CCCN2)ccn1. The molecule has 0 aromatic carbocycles. The summed E-state index contributed by atoms with van der Waals surface area (Å²) in [5.41, 5.74) is 1.61. The molecule has 1 aliphatic rings. The van der Waals surface area contributed by atoms with E-state index >= 15 is 0 Å². The van der Waals surface area contributed by atoms with E-state index in [1.54, 1.807) is 13.3 Å². The van der Waals surface area contributed by atoms with Crippen molar-refractivity contribution >= 4 is 5.91 Å². The van der Waals surface area contributed by atoms with Gasteiger partial charge in [0, 0.05) is 25.9 Å². The molecule has 2 heterocycles. The average Bonchev–Trinajstić information content (AvgIpc) is 2.93. The predicted octanol–water partition coefficient (Wildman–Crippen LogP) is 0.882. The summed E-state index contributed by atoms with van der Waals surface area (Å²) in [5.74, 6) is -0.146. The smallest absolute Gasteiger partial charge is 0.269 e. The molecule has 1 atom stereocenters. The van der Waals surface area contributed by atoms with E-state index in [-0.39, 0.29) is 5.91 Å². The zero-order chi connectivity index (χ0) is 12.8. The topological polar surface area (TPSA) is 63.2 Å². The highest BCUT2D eigenvalue weighted by molar-refractivity contribution is 5.92. The molecule has 1 aromatic heterocycles. The Morgan fingerprint density at radius 1 is 1.67 bits per heavy atom. The summed E-state index contributed by atoms with van der Waals surface area (Å²) in [5, 5.41) is 6.18. The van der Waals surface area contributed by atoms with Crippen molar-refractivity contribution in [1.29, 1.82) is 0 Å². The number of methoxy groups -OCH3 is 1. The molecular formula is C13H19N3O2. The van der Waals surface area contributed by atoms with Crippen LogP contribution in [0.2, 0.25) is 0 Å². The fourth-order valence-corrected chi connectivity index (χ4v) is 2.11. The van der Waals surface area contributed by atoms with E-state index in [1.807, 2.05) is 12.1 Å². The zero-order valence-electron chi connectivity index (χ0n) is 10.6. The molecule has 1 aromatic rings. The van der Waals surface area contributed by atoms with Gasteiger partial charge in [-0.3, -0.25) is 9.78 Å². The minimum Gasteiger partial charge on any atom is -0.383 e. The third kappa shape index (κ3) is 3.27. The standard InChI is InChI=1S/C13H19N3O2/c1-18-8-7-16-13(17)12-9-10(4-6-15-12)11-3-2-5-14-11/h4,6,9,11,14H,2-3,5,7-8H2,1H3,(H,16,17). The molecule has 0 aliphatic carbocycles. The Labute approximate surface area is 107 Å².